The molecule has 3 aromatic carbocycles. The van der Waals surface area contributed by atoms with Crippen LogP contribution >= 0.6 is 0 Å². The number of nitrogens with zero attached hydrogens (tertiary/aromatic N) is 4. The molecule has 1 aromatic heterocycles. The van der Waals surface area contributed by atoms with E-state index in [1.807, 2.05) is 0 Å². The minimum atomic E-state index is -4.41. The van der Waals surface area contributed by atoms with Gasteiger partial charge in [-0.15, -0.1) is 5.12 Å². The molecule has 0 atom stereocenters. The second-order valence-electron chi connectivity index (χ2n) is 10.4. The molecule has 5 rings (SSSR count). The quantitative estimate of drug-likeness (QED) is 0.136. The minimum Gasteiger partial charge on any atom is -0.493 e. The summed E-state index contributed by atoms with van der Waals surface area (Å²) in [6.07, 6.45) is -0.257. The molecule has 1 aliphatic heterocycles. The maximum Gasteiger partial charge on any atom is 0.443 e. The number of methoxy groups -OCH3 is 2. The predicted molar refractivity (Wildman–Crippen MR) is 179 cm³/mol. The molecule has 0 spiro atoms. The molecule has 0 aliphatic carbocycles. The molecular formula is C33H34FN5O11S. The van der Waals surface area contributed by atoms with Crippen LogP contribution in [0.25, 0.3) is 0 Å². The Balaban J connectivity index is 1.35. The Bertz CT molecular complexity index is 1910. The molecule has 1 aliphatic rings. The van der Waals surface area contributed by atoms with Gasteiger partial charge in [0.2, 0.25) is 5.75 Å². The Morgan fingerprint density at radius 3 is 2.29 bits per heavy atom. The molecule has 51 heavy (non-hydrogen) atoms. The highest BCUT2D eigenvalue weighted by molar-refractivity contribution is 7.92. The number of amides is 2. The van der Waals surface area contributed by atoms with Crippen molar-refractivity contribution < 1.29 is 55.6 Å². The number of aromatic nitrogens is 2. The van der Waals surface area contributed by atoms with Crippen molar-refractivity contribution in [1.82, 2.24) is 14.9 Å². The van der Waals surface area contributed by atoms with E-state index in [1.54, 1.807) is 47.4 Å². The maximum atomic E-state index is 14.4. The van der Waals surface area contributed by atoms with Gasteiger partial charge in [-0.25, -0.2) is 18.2 Å². The van der Waals surface area contributed by atoms with E-state index in [1.165, 1.54) is 44.6 Å². The van der Waals surface area contributed by atoms with Gasteiger partial charge in [0.05, 0.1) is 38.0 Å². The Morgan fingerprint density at radius 2 is 1.57 bits per heavy atom. The summed E-state index contributed by atoms with van der Waals surface area (Å²) in [5, 5.41) is -0.161. The van der Waals surface area contributed by atoms with Gasteiger partial charge in [-0.1, -0.05) is 34.8 Å². The van der Waals surface area contributed by atoms with E-state index in [9.17, 15) is 22.5 Å². The lowest BCUT2D eigenvalue weighted by molar-refractivity contribution is -0.137. The molecule has 2 heterocycles. The molecule has 270 valence electrons. The molecule has 0 saturated carbocycles. The zero-order valence-electron chi connectivity index (χ0n) is 27.5. The number of halogens is 1. The smallest absolute Gasteiger partial charge is 0.443 e. The molecular weight excluding hydrogens is 693 g/mol. The number of benzene rings is 3. The van der Waals surface area contributed by atoms with Crippen LogP contribution in [-0.4, -0.2) is 95.6 Å². The van der Waals surface area contributed by atoms with Crippen LogP contribution in [-0.2, 0) is 24.3 Å². The van der Waals surface area contributed by atoms with Gasteiger partial charge in [-0.05, 0) is 36.4 Å². The lowest BCUT2D eigenvalue weighted by Gasteiger charge is -2.26. The van der Waals surface area contributed by atoms with Crippen LogP contribution in [0.1, 0.15) is 0 Å². The first-order chi connectivity index (χ1) is 24.7. The van der Waals surface area contributed by atoms with Crippen LogP contribution in [0.3, 0.4) is 0 Å². The van der Waals surface area contributed by atoms with Gasteiger partial charge < -0.3 is 38.1 Å². The van der Waals surface area contributed by atoms with Crippen LogP contribution in [0, 0.1) is 0 Å². The van der Waals surface area contributed by atoms with Gasteiger partial charge in [-0.3, -0.25) is 9.52 Å². The summed E-state index contributed by atoms with van der Waals surface area (Å²) in [4.78, 5) is 34.3. The Labute approximate surface area is 292 Å². The zero-order valence-corrected chi connectivity index (χ0v) is 28.3. The lowest BCUT2D eigenvalue weighted by Crippen LogP contribution is -2.43. The number of sulfonamides is 1. The topological polar surface area (TPSA) is 177 Å². The molecule has 16 nitrogen and oxygen atoms in total. The number of para-hydroxylation sites is 3. The van der Waals surface area contributed by atoms with Crippen molar-refractivity contribution in [2.24, 2.45) is 0 Å². The number of ether oxygens (including phenoxy) is 7. The van der Waals surface area contributed by atoms with Crippen LogP contribution in [0.4, 0.5) is 20.8 Å². The summed E-state index contributed by atoms with van der Waals surface area (Å²) in [5.41, 5.74) is -0.0272. The normalized spacial score (nSPS) is 12.7. The van der Waals surface area contributed by atoms with Crippen molar-refractivity contribution >= 4 is 33.5 Å². The van der Waals surface area contributed by atoms with E-state index >= 15 is 0 Å². The third-order valence-electron chi connectivity index (χ3n) is 7.13. The zero-order chi connectivity index (χ0) is 36.2. The average Bonchev–Trinajstić information content (AvgIpc) is 3.16. The van der Waals surface area contributed by atoms with Crippen molar-refractivity contribution in [3.63, 3.8) is 0 Å². The summed E-state index contributed by atoms with van der Waals surface area (Å²) >= 11 is 0. The van der Waals surface area contributed by atoms with Crippen molar-refractivity contribution in [2.75, 3.05) is 70.2 Å². The summed E-state index contributed by atoms with van der Waals surface area (Å²) in [6.45, 7) is 0.548. The predicted octanol–water partition coefficient (Wildman–Crippen LogP) is 4.23. The number of anilines is 2. The summed E-state index contributed by atoms with van der Waals surface area (Å²) in [7, 11) is -1.62. The molecule has 0 radical (unpaired) electrons. The van der Waals surface area contributed by atoms with Gasteiger partial charge in [-0.2, -0.15) is 4.98 Å². The molecule has 0 bridgehead atoms. The highest BCUT2D eigenvalue weighted by Crippen LogP contribution is 2.40. The molecule has 18 heteroatoms. The number of carbonyl (C=O) groups is 2. The molecule has 1 N–H and O–H groups in total. The Morgan fingerprint density at radius 1 is 0.882 bits per heavy atom. The van der Waals surface area contributed by atoms with Crippen molar-refractivity contribution in [3.8, 4) is 34.6 Å². The van der Waals surface area contributed by atoms with Crippen LogP contribution in [0.15, 0.2) is 84.0 Å². The highest BCUT2D eigenvalue weighted by atomic mass is 32.2. The van der Waals surface area contributed by atoms with E-state index in [0.717, 1.165) is 6.33 Å². The van der Waals surface area contributed by atoms with Crippen LogP contribution in [0.5, 0.6) is 34.6 Å². The van der Waals surface area contributed by atoms with Gasteiger partial charge >= 0.3 is 6.09 Å². The monoisotopic (exact) mass is 727 g/mol. The standard InChI is InChI=1S/C33H34FN5O11S/c1-44-25-10-6-7-11-27(25)50-30-31(35-22-36-32(30)47-18-19-48-33(41)39(34)23-8-4-3-5-9-23)37-51(42,43)24-12-13-26(45-2)28(20-24)49-21-29(40)38-14-16-46-17-15-38/h3-13,20,22H,14-19,21H2,1-2H3,(H,35,36,37). The second kappa shape index (κ2) is 17.2. The fraction of sp³-hybridized carbons (Fsp3) is 0.273. The first-order valence-corrected chi connectivity index (χ1v) is 16.8. The van der Waals surface area contributed by atoms with E-state index < -0.39 is 22.7 Å². The largest absolute Gasteiger partial charge is 0.493 e. The molecule has 4 aromatic rings. The fourth-order valence-electron chi connectivity index (χ4n) is 4.59. The third-order valence-corrected chi connectivity index (χ3v) is 8.47. The summed E-state index contributed by atoms with van der Waals surface area (Å²) in [5.74, 6) is -0.487. The second-order valence-corrected chi connectivity index (χ2v) is 12.1. The molecule has 0 unspecified atom stereocenters. The van der Waals surface area contributed by atoms with E-state index in [0.29, 0.717) is 32.1 Å². The van der Waals surface area contributed by atoms with Gasteiger partial charge in [0.15, 0.2) is 35.4 Å². The van der Waals surface area contributed by atoms with E-state index in [2.05, 4.69) is 14.7 Å². The highest BCUT2D eigenvalue weighted by Gasteiger charge is 2.25. The van der Waals surface area contributed by atoms with Crippen LogP contribution < -0.4 is 33.5 Å². The number of morpholine rings is 1. The van der Waals surface area contributed by atoms with Gasteiger partial charge in [0.1, 0.15) is 19.5 Å². The fourth-order valence-corrected chi connectivity index (χ4v) is 5.62. The van der Waals surface area contributed by atoms with E-state index in [4.69, 9.17) is 33.2 Å². The van der Waals surface area contributed by atoms with Crippen molar-refractivity contribution in [3.05, 3.63) is 79.1 Å². The maximum absolute atomic E-state index is 14.4. The van der Waals surface area contributed by atoms with Gasteiger partial charge in [0, 0.05) is 19.2 Å². The molecule has 1 fully saturated rings. The first kappa shape index (κ1) is 36.4. The number of hydrogen-bond acceptors (Lipinski definition) is 13. The molecule has 2 amide bonds. The number of carbonyl (C=O) groups excluding carboxylic acids is 2. The number of hydrogen-bond donors (Lipinski definition) is 1. The van der Waals surface area contributed by atoms with Gasteiger partial charge in [0.25, 0.3) is 21.8 Å². The molecule has 1 saturated heterocycles. The third kappa shape index (κ3) is 9.43. The van der Waals surface area contributed by atoms with E-state index in [-0.39, 0.29) is 69.5 Å². The van der Waals surface area contributed by atoms with Crippen molar-refractivity contribution in [1.29, 1.82) is 0 Å². The number of rotatable bonds is 15. The Hall–Kier alpha value is -5.88. The summed E-state index contributed by atoms with van der Waals surface area (Å²) in [6, 6.07) is 17.9. The first-order valence-electron chi connectivity index (χ1n) is 15.4. The average molecular weight is 728 g/mol. The number of nitrogens with one attached hydrogen (secondary N) is 1. The minimum absolute atomic E-state index is 0.00726. The van der Waals surface area contributed by atoms with Crippen LogP contribution in [0.2, 0.25) is 0 Å². The Kier molecular flexibility index (Phi) is 12.3. The van der Waals surface area contributed by atoms with Crippen molar-refractivity contribution in [2.45, 2.75) is 4.90 Å². The lowest BCUT2D eigenvalue weighted by atomic mass is 10.3. The SMILES string of the molecule is COc1ccc(S(=O)(=O)Nc2ncnc(OCCOC(=O)N(F)c3ccccc3)c2Oc2ccccc2OC)cc1OCC(=O)N1CCOCC1. The summed E-state index contributed by atoms with van der Waals surface area (Å²) < 4.78 is 82.5.